The van der Waals surface area contributed by atoms with Gasteiger partial charge in [-0.05, 0) is 81.4 Å². The van der Waals surface area contributed by atoms with Crippen LogP contribution in [0, 0.1) is 5.92 Å². The van der Waals surface area contributed by atoms with Gasteiger partial charge < -0.3 is 14.7 Å². The number of benzene rings is 3. The fraction of sp³-hybridized carbons (Fsp3) is 0.394. The molecule has 3 aromatic rings. The van der Waals surface area contributed by atoms with Gasteiger partial charge in [-0.2, -0.15) is 0 Å². The number of aliphatic hydroxyl groups is 1. The first-order valence-electron chi connectivity index (χ1n) is 13.5. The standard InChI is InChI=1S/C33H39NO4.ClH/c1-32(2,31(36)38-3)29-17-10-12-25(24-29)30(35)18-11-21-34-22-19-28(20-23-34)33(37,26-13-6-4-7-14-26)27-15-8-5-9-16-27;/h4-10,12-17,24,28,37H,11,18-23H2,1-3H3;1H. The Morgan fingerprint density at radius 1 is 0.872 bits per heavy atom. The van der Waals surface area contributed by atoms with E-state index in [1.54, 1.807) is 0 Å². The number of carbonyl (C=O) groups excluding carboxylic acids is 2. The van der Waals surface area contributed by atoms with Crippen molar-refractivity contribution in [1.29, 1.82) is 0 Å². The van der Waals surface area contributed by atoms with Gasteiger partial charge in [0, 0.05) is 12.0 Å². The van der Waals surface area contributed by atoms with Gasteiger partial charge >= 0.3 is 5.97 Å². The third kappa shape index (κ3) is 6.78. The Bertz CT molecular complexity index is 1180. The molecule has 0 amide bonds. The molecule has 0 aromatic heterocycles. The lowest BCUT2D eigenvalue weighted by Gasteiger charge is -2.42. The molecule has 0 unspecified atom stereocenters. The molecule has 1 saturated heterocycles. The molecule has 39 heavy (non-hydrogen) atoms. The zero-order chi connectivity index (χ0) is 27.2. The minimum atomic E-state index is -1.02. The van der Waals surface area contributed by atoms with Crippen molar-refractivity contribution in [3.8, 4) is 0 Å². The predicted octanol–water partition coefficient (Wildman–Crippen LogP) is 6.17. The number of ether oxygens (including phenoxy) is 1. The smallest absolute Gasteiger partial charge is 0.315 e. The van der Waals surface area contributed by atoms with Crippen molar-refractivity contribution in [1.82, 2.24) is 4.90 Å². The number of rotatable bonds is 10. The van der Waals surface area contributed by atoms with Gasteiger partial charge in [-0.1, -0.05) is 78.9 Å². The molecular formula is C33H40ClNO4. The number of esters is 1. The lowest BCUT2D eigenvalue weighted by Crippen LogP contribution is -2.44. The Hall–Kier alpha value is -2.99. The maximum Gasteiger partial charge on any atom is 0.315 e. The van der Waals surface area contributed by atoms with Crippen LogP contribution in [0.15, 0.2) is 84.9 Å². The predicted molar refractivity (Wildman–Crippen MR) is 157 cm³/mol. The van der Waals surface area contributed by atoms with Gasteiger partial charge in [0.05, 0.1) is 12.5 Å². The number of halogens is 1. The van der Waals surface area contributed by atoms with Crippen LogP contribution in [0.1, 0.15) is 66.6 Å². The molecule has 0 radical (unpaired) electrons. The average molecular weight is 550 g/mol. The third-order valence-corrected chi connectivity index (χ3v) is 8.09. The molecule has 0 bridgehead atoms. The summed E-state index contributed by atoms with van der Waals surface area (Å²) >= 11 is 0. The molecule has 5 nitrogen and oxygen atoms in total. The number of Topliss-reactive ketones (excluding diaryl/α,β-unsaturated/α-hetero) is 1. The van der Waals surface area contributed by atoms with Crippen LogP contribution in [0.25, 0.3) is 0 Å². The molecule has 0 spiro atoms. The van der Waals surface area contributed by atoms with E-state index in [1.165, 1.54) is 7.11 Å². The summed E-state index contributed by atoms with van der Waals surface area (Å²) in [5.41, 5.74) is 1.46. The van der Waals surface area contributed by atoms with E-state index < -0.39 is 11.0 Å². The number of hydrogen-bond donors (Lipinski definition) is 1. The summed E-state index contributed by atoms with van der Waals surface area (Å²) in [6.07, 6.45) is 3.01. The van der Waals surface area contributed by atoms with E-state index in [4.69, 9.17) is 4.74 Å². The topological polar surface area (TPSA) is 66.8 Å². The van der Waals surface area contributed by atoms with Crippen molar-refractivity contribution in [2.24, 2.45) is 5.92 Å². The summed E-state index contributed by atoms with van der Waals surface area (Å²) in [5, 5.41) is 12.1. The molecule has 1 aliphatic rings. The normalized spacial score (nSPS) is 14.9. The average Bonchev–Trinajstić information content (AvgIpc) is 2.97. The number of ketones is 1. The molecule has 1 heterocycles. The first-order chi connectivity index (χ1) is 18.3. The first-order valence-corrected chi connectivity index (χ1v) is 13.5. The monoisotopic (exact) mass is 549 g/mol. The molecule has 208 valence electrons. The number of methoxy groups -OCH3 is 1. The Morgan fingerprint density at radius 2 is 1.41 bits per heavy atom. The Kier molecular flexibility index (Phi) is 10.5. The Balaban J connectivity index is 0.00000420. The van der Waals surface area contributed by atoms with Crippen molar-refractivity contribution >= 4 is 24.2 Å². The van der Waals surface area contributed by atoms with Crippen molar-refractivity contribution < 1.29 is 19.4 Å². The van der Waals surface area contributed by atoms with Gasteiger partial charge in [0.25, 0.3) is 0 Å². The molecule has 6 heteroatoms. The van der Waals surface area contributed by atoms with Gasteiger partial charge in [-0.3, -0.25) is 9.59 Å². The van der Waals surface area contributed by atoms with Gasteiger partial charge in [-0.15, -0.1) is 12.4 Å². The number of piperidine rings is 1. The zero-order valence-electron chi connectivity index (χ0n) is 23.1. The van der Waals surface area contributed by atoms with Crippen LogP contribution in [0.5, 0.6) is 0 Å². The molecule has 4 rings (SSSR count). The van der Waals surface area contributed by atoms with Crippen molar-refractivity contribution in [3.63, 3.8) is 0 Å². The maximum absolute atomic E-state index is 12.9. The SMILES string of the molecule is COC(=O)C(C)(C)c1cccc(C(=O)CCCN2CCC(C(O)(c3ccccc3)c3ccccc3)CC2)c1.Cl. The first kappa shape index (κ1) is 30.6. The highest BCUT2D eigenvalue weighted by molar-refractivity contribution is 5.96. The van der Waals surface area contributed by atoms with Gasteiger partial charge in [-0.25, -0.2) is 0 Å². The number of nitrogens with zero attached hydrogens (tertiary/aromatic N) is 1. The fourth-order valence-electron chi connectivity index (χ4n) is 5.66. The van der Waals surface area contributed by atoms with E-state index in [0.29, 0.717) is 12.0 Å². The molecule has 0 saturated carbocycles. The van der Waals surface area contributed by atoms with Crippen LogP contribution in [-0.4, -0.2) is 48.5 Å². The second-order valence-electron chi connectivity index (χ2n) is 10.8. The van der Waals surface area contributed by atoms with E-state index in [-0.39, 0.29) is 30.1 Å². The van der Waals surface area contributed by atoms with Gasteiger partial charge in [0.2, 0.25) is 0 Å². The minimum absolute atomic E-state index is 0. The van der Waals surface area contributed by atoms with Crippen LogP contribution >= 0.6 is 12.4 Å². The van der Waals surface area contributed by atoms with E-state index in [2.05, 4.69) is 4.90 Å². The maximum atomic E-state index is 12.9. The molecule has 1 N–H and O–H groups in total. The van der Waals surface area contributed by atoms with Crippen molar-refractivity contribution in [2.45, 2.75) is 50.5 Å². The number of carbonyl (C=O) groups is 2. The second kappa shape index (κ2) is 13.4. The molecule has 0 aliphatic carbocycles. The van der Waals surface area contributed by atoms with Crippen LogP contribution in [0.4, 0.5) is 0 Å². The Labute approximate surface area is 238 Å². The van der Waals surface area contributed by atoms with Gasteiger partial charge in [0.15, 0.2) is 5.78 Å². The summed E-state index contributed by atoms with van der Waals surface area (Å²) in [7, 11) is 1.38. The quantitative estimate of drug-likeness (QED) is 0.242. The third-order valence-electron chi connectivity index (χ3n) is 8.09. The molecule has 1 fully saturated rings. The highest BCUT2D eigenvalue weighted by Crippen LogP contribution is 2.41. The van der Waals surface area contributed by atoms with E-state index in [0.717, 1.165) is 55.6 Å². The lowest BCUT2D eigenvalue weighted by atomic mass is 9.72. The molecule has 0 atom stereocenters. The fourth-order valence-corrected chi connectivity index (χ4v) is 5.66. The van der Waals surface area contributed by atoms with Crippen molar-refractivity contribution in [3.05, 3.63) is 107 Å². The van der Waals surface area contributed by atoms with Crippen molar-refractivity contribution in [2.75, 3.05) is 26.7 Å². The molecule has 3 aromatic carbocycles. The molecular weight excluding hydrogens is 510 g/mol. The largest absolute Gasteiger partial charge is 0.468 e. The van der Waals surface area contributed by atoms with Crippen LogP contribution in [0.2, 0.25) is 0 Å². The van der Waals surface area contributed by atoms with Crippen LogP contribution < -0.4 is 0 Å². The summed E-state index contributed by atoms with van der Waals surface area (Å²) in [6, 6.07) is 27.3. The number of hydrogen-bond acceptors (Lipinski definition) is 5. The van der Waals surface area contributed by atoms with E-state index in [9.17, 15) is 14.7 Å². The molecule has 1 aliphatic heterocycles. The lowest BCUT2D eigenvalue weighted by molar-refractivity contribution is -0.146. The zero-order valence-corrected chi connectivity index (χ0v) is 24.0. The van der Waals surface area contributed by atoms with E-state index in [1.807, 2.05) is 98.8 Å². The van der Waals surface area contributed by atoms with Crippen LogP contribution in [0.3, 0.4) is 0 Å². The highest BCUT2D eigenvalue weighted by atomic mass is 35.5. The van der Waals surface area contributed by atoms with Gasteiger partial charge in [0.1, 0.15) is 5.60 Å². The summed E-state index contributed by atoms with van der Waals surface area (Å²) < 4.78 is 4.94. The van der Waals surface area contributed by atoms with E-state index >= 15 is 0 Å². The summed E-state index contributed by atoms with van der Waals surface area (Å²) in [4.78, 5) is 27.5. The second-order valence-corrected chi connectivity index (χ2v) is 10.8. The Morgan fingerprint density at radius 3 is 1.95 bits per heavy atom. The van der Waals surface area contributed by atoms with Crippen LogP contribution in [-0.2, 0) is 20.5 Å². The summed E-state index contributed by atoms with van der Waals surface area (Å²) in [6.45, 7) is 6.25. The highest BCUT2D eigenvalue weighted by Gasteiger charge is 2.41. The number of likely N-dealkylation sites (tertiary alicyclic amines) is 1. The minimum Gasteiger partial charge on any atom is -0.468 e. The summed E-state index contributed by atoms with van der Waals surface area (Å²) in [5.74, 6) is -0.118.